The zero-order valence-corrected chi connectivity index (χ0v) is 13.4. The summed E-state index contributed by atoms with van der Waals surface area (Å²) in [5.74, 6) is 1.13. The highest BCUT2D eigenvalue weighted by atomic mass is 16.5. The predicted octanol–water partition coefficient (Wildman–Crippen LogP) is 3.10. The van der Waals surface area contributed by atoms with Crippen molar-refractivity contribution >= 4 is 5.97 Å². The third-order valence-corrected chi connectivity index (χ3v) is 3.38. The Morgan fingerprint density at radius 2 is 2.00 bits per heavy atom. The Labute approximate surface area is 134 Å². The van der Waals surface area contributed by atoms with Crippen LogP contribution in [0.5, 0.6) is 11.5 Å². The number of hydrogen-bond acceptors (Lipinski definition) is 6. The van der Waals surface area contributed by atoms with E-state index in [2.05, 4.69) is 4.74 Å². The minimum atomic E-state index is -0.536. The number of ether oxygens (including phenoxy) is 3. The molecule has 1 N–H and O–H groups in total. The number of aliphatic hydroxyl groups excluding tert-OH is 1. The number of carbonyl (C=O) groups excluding carboxylic acids is 1. The Hall–Kier alpha value is -2.47. The molecule has 0 saturated heterocycles. The molecule has 23 heavy (non-hydrogen) atoms. The van der Waals surface area contributed by atoms with E-state index in [4.69, 9.17) is 13.9 Å². The van der Waals surface area contributed by atoms with E-state index in [0.29, 0.717) is 23.7 Å². The van der Waals surface area contributed by atoms with Gasteiger partial charge in [-0.25, -0.2) is 4.79 Å². The van der Waals surface area contributed by atoms with Gasteiger partial charge in [-0.2, -0.15) is 0 Å². The van der Waals surface area contributed by atoms with Gasteiger partial charge in [0.25, 0.3) is 0 Å². The molecule has 6 nitrogen and oxygen atoms in total. The Morgan fingerprint density at radius 3 is 2.65 bits per heavy atom. The molecule has 0 fully saturated rings. The van der Waals surface area contributed by atoms with Crippen molar-refractivity contribution in [1.82, 2.24) is 0 Å². The lowest BCUT2D eigenvalue weighted by atomic mass is 10.1. The summed E-state index contributed by atoms with van der Waals surface area (Å²) in [7, 11) is 2.82. The lowest BCUT2D eigenvalue weighted by Gasteiger charge is -2.13. The second kappa shape index (κ2) is 7.69. The Bertz CT molecular complexity index is 661. The molecule has 0 aliphatic rings. The van der Waals surface area contributed by atoms with Crippen molar-refractivity contribution in [2.24, 2.45) is 0 Å². The van der Waals surface area contributed by atoms with Gasteiger partial charge in [0.1, 0.15) is 12.4 Å². The molecule has 1 heterocycles. The molecule has 1 aromatic heterocycles. The van der Waals surface area contributed by atoms with Gasteiger partial charge in [-0.1, -0.05) is 13.0 Å². The average molecular weight is 320 g/mol. The molecular weight excluding hydrogens is 300 g/mol. The molecule has 0 amide bonds. The summed E-state index contributed by atoms with van der Waals surface area (Å²) in [5.41, 5.74) is 0.766. The summed E-state index contributed by atoms with van der Waals surface area (Å²) in [4.78, 5) is 11.3. The number of hydrogen-bond donors (Lipinski definition) is 1. The van der Waals surface area contributed by atoms with Crippen molar-refractivity contribution in [3.05, 3.63) is 47.4 Å². The summed E-state index contributed by atoms with van der Waals surface area (Å²) >= 11 is 0. The largest absolute Gasteiger partial charge is 0.493 e. The maximum absolute atomic E-state index is 11.3. The first-order chi connectivity index (χ1) is 11.1. The van der Waals surface area contributed by atoms with Crippen molar-refractivity contribution in [2.75, 3.05) is 14.2 Å². The number of furan rings is 1. The van der Waals surface area contributed by atoms with Crippen LogP contribution in [0.15, 0.2) is 34.7 Å². The molecule has 0 saturated carbocycles. The van der Waals surface area contributed by atoms with Gasteiger partial charge in [-0.05, 0) is 36.2 Å². The van der Waals surface area contributed by atoms with Crippen molar-refractivity contribution in [3.63, 3.8) is 0 Å². The lowest BCUT2D eigenvalue weighted by Crippen LogP contribution is -2.00. The molecular formula is C17H20O6. The van der Waals surface area contributed by atoms with Crippen LogP contribution in [0.4, 0.5) is 0 Å². The molecule has 2 rings (SSSR count). The standard InChI is InChI=1S/C17H20O6/c1-4-13(18)11-5-7-14(16(9-11)20-2)22-10-12-6-8-15(23-12)17(19)21-3/h5-9,13,18H,4,10H2,1-3H3. The first-order valence-corrected chi connectivity index (χ1v) is 7.24. The summed E-state index contributed by atoms with van der Waals surface area (Å²) in [6.07, 6.45) is 0.0807. The van der Waals surface area contributed by atoms with Gasteiger partial charge >= 0.3 is 5.97 Å². The highest BCUT2D eigenvalue weighted by molar-refractivity contribution is 5.86. The van der Waals surface area contributed by atoms with Gasteiger partial charge in [0, 0.05) is 0 Å². The molecule has 2 aromatic rings. The number of aliphatic hydroxyl groups is 1. The van der Waals surface area contributed by atoms with Crippen molar-refractivity contribution in [1.29, 1.82) is 0 Å². The Kier molecular flexibility index (Phi) is 5.65. The third kappa shape index (κ3) is 4.04. The minimum Gasteiger partial charge on any atom is -0.493 e. The van der Waals surface area contributed by atoms with Crippen molar-refractivity contribution in [2.45, 2.75) is 26.1 Å². The van der Waals surface area contributed by atoms with Crippen LogP contribution in [-0.2, 0) is 11.3 Å². The summed E-state index contributed by atoms with van der Waals surface area (Å²) in [5, 5.41) is 9.87. The fraction of sp³-hybridized carbons (Fsp3) is 0.353. The van der Waals surface area contributed by atoms with Gasteiger partial charge in [-0.3, -0.25) is 0 Å². The van der Waals surface area contributed by atoms with Crippen LogP contribution < -0.4 is 9.47 Å². The highest BCUT2D eigenvalue weighted by Gasteiger charge is 2.13. The maximum atomic E-state index is 11.3. The fourth-order valence-corrected chi connectivity index (χ4v) is 2.06. The van der Waals surface area contributed by atoms with Gasteiger partial charge < -0.3 is 23.7 Å². The van der Waals surface area contributed by atoms with E-state index in [1.54, 1.807) is 24.3 Å². The van der Waals surface area contributed by atoms with E-state index in [-0.39, 0.29) is 12.4 Å². The third-order valence-electron chi connectivity index (χ3n) is 3.38. The van der Waals surface area contributed by atoms with E-state index in [0.717, 1.165) is 5.56 Å². The number of esters is 1. The van der Waals surface area contributed by atoms with Gasteiger partial charge in [0.2, 0.25) is 5.76 Å². The van der Waals surface area contributed by atoms with E-state index in [1.807, 2.05) is 6.92 Å². The first kappa shape index (κ1) is 16.9. The van der Waals surface area contributed by atoms with Crippen LogP contribution in [0.1, 0.15) is 41.3 Å². The number of carbonyl (C=O) groups is 1. The van der Waals surface area contributed by atoms with Crippen LogP contribution >= 0.6 is 0 Å². The van der Waals surface area contributed by atoms with Crippen LogP contribution in [0.2, 0.25) is 0 Å². The summed E-state index contributed by atoms with van der Waals surface area (Å²) < 4.78 is 20.9. The predicted molar refractivity (Wildman–Crippen MR) is 82.6 cm³/mol. The van der Waals surface area contributed by atoms with E-state index in [9.17, 15) is 9.90 Å². The summed E-state index contributed by atoms with van der Waals surface area (Å²) in [6, 6.07) is 8.44. The fourth-order valence-electron chi connectivity index (χ4n) is 2.06. The number of benzene rings is 1. The Balaban J connectivity index is 2.08. The second-order valence-electron chi connectivity index (χ2n) is 4.88. The van der Waals surface area contributed by atoms with Crippen LogP contribution in [0.3, 0.4) is 0 Å². The van der Waals surface area contributed by atoms with Crippen LogP contribution in [-0.4, -0.2) is 25.3 Å². The summed E-state index contributed by atoms with van der Waals surface area (Å²) in [6.45, 7) is 2.04. The minimum absolute atomic E-state index is 0.125. The average Bonchev–Trinajstić information content (AvgIpc) is 3.07. The van der Waals surface area contributed by atoms with Gasteiger partial charge in [0.05, 0.1) is 20.3 Å². The zero-order valence-electron chi connectivity index (χ0n) is 13.4. The second-order valence-corrected chi connectivity index (χ2v) is 4.88. The number of methoxy groups -OCH3 is 2. The molecule has 0 spiro atoms. The van der Waals surface area contributed by atoms with Gasteiger partial charge in [0.15, 0.2) is 11.5 Å². The first-order valence-electron chi connectivity index (χ1n) is 7.24. The smallest absolute Gasteiger partial charge is 0.373 e. The molecule has 1 unspecified atom stereocenters. The van der Waals surface area contributed by atoms with Crippen molar-refractivity contribution in [3.8, 4) is 11.5 Å². The van der Waals surface area contributed by atoms with Crippen molar-refractivity contribution < 1.29 is 28.5 Å². The molecule has 0 bridgehead atoms. The molecule has 1 atom stereocenters. The topological polar surface area (TPSA) is 78.1 Å². The van der Waals surface area contributed by atoms with E-state index in [1.165, 1.54) is 20.3 Å². The quantitative estimate of drug-likeness (QED) is 0.790. The normalized spacial score (nSPS) is 11.8. The van der Waals surface area contributed by atoms with Crippen LogP contribution in [0.25, 0.3) is 0 Å². The van der Waals surface area contributed by atoms with E-state index >= 15 is 0 Å². The Morgan fingerprint density at radius 1 is 1.22 bits per heavy atom. The molecule has 1 aromatic carbocycles. The molecule has 124 valence electrons. The maximum Gasteiger partial charge on any atom is 0.373 e. The SMILES string of the molecule is CCC(O)c1ccc(OCc2ccc(C(=O)OC)o2)c(OC)c1. The van der Waals surface area contributed by atoms with E-state index < -0.39 is 12.1 Å². The van der Waals surface area contributed by atoms with Crippen LogP contribution in [0, 0.1) is 0 Å². The highest BCUT2D eigenvalue weighted by Crippen LogP contribution is 2.31. The molecule has 0 aliphatic heterocycles. The molecule has 6 heteroatoms. The molecule has 0 radical (unpaired) electrons. The molecule has 0 aliphatic carbocycles. The zero-order chi connectivity index (χ0) is 16.8. The van der Waals surface area contributed by atoms with Gasteiger partial charge in [-0.15, -0.1) is 0 Å². The lowest BCUT2D eigenvalue weighted by molar-refractivity contribution is 0.0561. The number of rotatable bonds is 7. The monoisotopic (exact) mass is 320 g/mol.